The van der Waals surface area contributed by atoms with E-state index in [4.69, 9.17) is 10.5 Å². The SMILES string of the molecule is CCN(CCN)C(=O)C1CCOCC1. The van der Waals surface area contributed by atoms with Crippen molar-refractivity contribution in [3.8, 4) is 0 Å². The first-order valence-corrected chi connectivity index (χ1v) is 5.36. The van der Waals surface area contributed by atoms with Gasteiger partial charge in [0.25, 0.3) is 0 Å². The molecule has 4 heteroatoms. The van der Waals surface area contributed by atoms with Crippen molar-refractivity contribution in [2.24, 2.45) is 11.7 Å². The highest BCUT2D eigenvalue weighted by molar-refractivity contribution is 5.78. The van der Waals surface area contributed by atoms with Gasteiger partial charge in [-0.2, -0.15) is 0 Å². The lowest BCUT2D eigenvalue weighted by Crippen LogP contribution is -2.40. The molecule has 0 aromatic rings. The molecule has 0 aromatic heterocycles. The molecule has 1 saturated heterocycles. The Morgan fingerprint density at radius 2 is 2.14 bits per heavy atom. The number of ether oxygens (including phenoxy) is 1. The van der Waals surface area contributed by atoms with Gasteiger partial charge in [-0.05, 0) is 19.8 Å². The average Bonchev–Trinajstić information content (AvgIpc) is 2.26. The van der Waals surface area contributed by atoms with Crippen LogP contribution >= 0.6 is 0 Å². The molecular formula is C10H20N2O2. The van der Waals surface area contributed by atoms with Crippen molar-refractivity contribution in [1.29, 1.82) is 0 Å². The van der Waals surface area contributed by atoms with Gasteiger partial charge in [-0.25, -0.2) is 0 Å². The maximum atomic E-state index is 11.9. The van der Waals surface area contributed by atoms with Crippen LogP contribution in [0.25, 0.3) is 0 Å². The maximum absolute atomic E-state index is 11.9. The van der Waals surface area contributed by atoms with E-state index in [0.717, 1.165) is 32.6 Å². The van der Waals surface area contributed by atoms with Crippen molar-refractivity contribution in [3.05, 3.63) is 0 Å². The highest BCUT2D eigenvalue weighted by Gasteiger charge is 2.24. The highest BCUT2D eigenvalue weighted by atomic mass is 16.5. The summed E-state index contributed by atoms with van der Waals surface area (Å²) in [4.78, 5) is 13.8. The smallest absolute Gasteiger partial charge is 0.225 e. The number of nitrogens with two attached hydrogens (primary N) is 1. The predicted molar refractivity (Wildman–Crippen MR) is 54.9 cm³/mol. The second kappa shape index (κ2) is 5.98. The van der Waals surface area contributed by atoms with E-state index in [1.165, 1.54) is 0 Å². The fourth-order valence-corrected chi connectivity index (χ4v) is 1.78. The van der Waals surface area contributed by atoms with Crippen molar-refractivity contribution >= 4 is 5.91 Å². The molecule has 0 atom stereocenters. The van der Waals surface area contributed by atoms with Gasteiger partial charge in [0, 0.05) is 38.8 Å². The Bertz CT molecular complexity index is 172. The van der Waals surface area contributed by atoms with Crippen molar-refractivity contribution < 1.29 is 9.53 Å². The molecule has 0 aromatic carbocycles. The first-order valence-electron chi connectivity index (χ1n) is 5.36. The Balaban J connectivity index is 2.43. The zero-order valence-electron chi connectivity index (χ0n) is 8.87. The second-order valence-electron chi connectivity index (χ2n) is 3.59. The van der Waals surface area contributed by atoms with Crippen LogP contribution in [0.4, 0.5) is 0 Å². The third kappa shape index (κ3) is 2.96. The first kappa shape index (κ1) is 11.5. The summed E-state index contributed by atoms with van der Waals surface area (Å²) in [6.07, 6.45) is 1.72. The standard InChI is InChI=1S/C10H20N2O2/c1-2-12(6-5-11)10(13)9-3-7-14-8-4-9/h9H,2-8,11H2,1H3. The number of amides is 1. The molecule has 14 heavy (non-hydrogen) atoms. The summed E-state index contributed by atoms with van der Waals surface area (Å²) in [5, 5.41) is 0. The van der Waals surface area contributed by atoms with E-state index in [-0.39, 0.29) is 11.8 Å². The number of likely N-dealkylation sites (N-methyl/N-ethyl adjacent to an activating group) is 1. The Morgan fingerprint density at radius 1 is 1.50 bits per heavy atom. The summed E-state index contributed by atoms with van der Waals surface area (Å²) >= 11 is 0. The molecular weight excluding hydrogens is 180 g/mol. The number of hydrogen-bond acceptors (Lipinski definition) is 3. The van der Waals surface area contributed by atoms with Crippen molar-refractivity contribution in [2.75, 3.05) is 32.8 Å². The van der Waals surface area contributed by atoms with Gasteiger partial charge in [0.2, 0.25) is 5.91 Å². The fraction of sp³-hybridized carbons (Fsp3) is 0.900. The van der Waals surface area contributed by atoms with Crippen LogP contribution in [0.3, 0.4) is 0 Å². The van der Waals surface area contributed by atoms with Crippen LogP contribution < -0.4 is 5.73 Å². The van der Waals surface area contributed by atoms with Crippen LogP contribution in [-0.4, -0.2) is 43.7 Å². The molecule has 1 amide bonds. The minimum Gasteiger partial charge on any atom is -0.381 e. The maximum Gasteiger partial charge on any atom is 0.225 e. The first-order chi connectivity index (χ1) is 6.79. The lowest BCUT2D eigenvalue weighted by Gasteiger charge is -2.28. The predicted octanol–water partition coefficient (Wildman–Crippen LogP) is 0.220. The largest absolute Gasteiger partial charge is 0.381 e. The zero-order valence-corrected chi connectivity index (χ0v) is 8.87. The Hall–Kier alpha value is -0.610. The molecule has 0 radical (unpaired) electrons. The van der Waals surface area contributed by atoms with E-state index >= 15 is 0 Å². The van der Waals surface area contributed by atoms with Crippen LogP contribution in [0.15, 0.2) is 0 Å². The van der Waals surface area contributed by atoms with Gasteiger partial charge in [0.05, 0.1) is 0 Å². The molecule has 82 valence electrons. The Kier molecular flexibility index (Phi) is 4.90. The summed E-state index contributed by atoms with van der Waals surface area (Å²) in [5.41, 5.74) is 5.45. The summed E-state index contributed by atoms with van der Waals surface area (Å²) in [6.45, 7) is 5.41. The number of hydrogen-bond donors (Lipinski definition) is 1. The molecule has 1 rings (SSSR count). The quantitative estimate of drug-likeness (QED) is 0.706. The Morgan fingerprint density at radius 3 is 2.64 bits per heavy atom. The zero-order chi connectivity index (χ0) is 10.4. The van der Waals surface area contributed by atoms with E-state index in [2.05, 4.69) is 0 Å². The molecule has 0 bridgehead atoms. The van der Waals surface area contributed by atoms with E-state index in [1.807, 2.05) is 11.8 Å². The van der Waals surface area contributed by atoms with Gasteiger partial charge in [-0.15, -0.1) is 0 Å². The van der Waals surface area contributed by atoms with Crippen LogP contribution in [-0.2, 0) is 9.53 Å². The molecule has 0 spiro atoms. The van der Waals surface area contributed by atoms with Crippen molar-refractivity contribution in [3.63, 3.8) is 0 Å². The van der Waals surface area contributed by atoms with Gasteiger partial charge in [0.1, 0.15) is 0 Å². The van der Waals surface area contributed by atoms with Crippen LogP contribution in [0.1, 0.15) is 19.8 Å². The summed E-state index contributed by atoms with van der Waals surface area (Å²) in [6, 6.07) is 0. The fourth-order valence-electron chi connectivity index (χ4n) is 1.78. The van der Waals surface area contributed by atoms with Gasteiger partial charge >= 0.3 is 0 Å². The topological polar surface area (TPSA) is 55.6 Å². The van der Waals surface area contributed by atoms with Crippen LogP contribution in [0.2, 0.25) is 0 Å². The number of carbonyl (C=O) groups excluding carboxylic acids is 1. The molecule has 1 aliphatic rings. The molecule has 2 N–H and O–H groups in total. The third-order valence-electron chi connectivity index (χ3n) is 2.66. The molecule has 0 unspecified atom stereocenters. The van der Waals surface area contributed by atoms with Crippen molar-refractivity contribution in [2.45, 2.75) is 19.8 Å². The molecule has 0 saturated carbocycles. The van der Waals surface area contributed by atoms with Gasteiger partial charge in [0.15, 0.2) is 0 Å². The third-order valence-corrected chi connectivity index (χ3v) is 2.66. The second-order valence-corrected chi connectivity index (χ2v) is 3.59. The van der Waals surface area contributed by atoms with E-state index in [0.29, 0.717) is 13.1 Å². The normalized spacial score (nSPS) is 18.1. The number of rotatable bonds is 4. The molecule has 0 aliphatic carbocycles. The van der Waals surface area contributed by atoms with Gasteiger partial charge in [-0.3, -0.25) is 4.79 Å². The Labute approximate surface area is 85.4 Å². The van der Waals surface area contributed by atoms with Gasteiger partial charge < -0.3 is 15.4 Å². The monoisotopic (exact) mass is 200 g/mol. The van der Waals surface area contributed by atoms with Crippen LogP contribution in [0, 0.1) is 5.92 Å². The summed E-state index contributed by atoms with van der Waals surface area (Å²) < 4.78 is 5.23. The minimum absolute atomic E-state index is 0.162. The average molecular weight is 200 g/mol. The van der Waals surface area contributed by atoms with E-state index in [9.17, 15) is 4.79 Å². The molecule has 1 heterocycles. The lowest BCUT2D eigenvalue weighted by molar-refractivity contribution is -0.138. The molecule has 1 aliphatic heterocycles. The van der Waals surface area contributed by atoms with Crippen LogP contribution in [0.5, 0.6) is 0 Å². The number of nitrogens with zero attached hydrogens (tertiary/aromatic N) is 1. The van der Waals surface area contributed by atoms with Crippen molar-refractivity contribution in [1.82, 2.24) is 4.90 Å². The lowest BCUT2D eigenvalue weighted by atomic mass is 9.98. The van der Waals surface area contributed by atoms with E-state index < -0.39 is 0 Å². The van der Waals surface area contributed by atoms with E-state index in [1.54, 1.807) is 0 Å². The highest BCUT2D eigenvalue weighted by Crippen LogP contribution is 2.17. The summed E-state index contributed by atoms with van der Waals surface area (Å²) in [7, 11) is 0. The number of carbonyl (C=O) groups is 1. The minimum atomic E-state index is 0.162. The molecule has 1 fully saturated rings. The molecule has 4 nitrogen and oxygen atoms in total. The van der Waals surface area contributed by atoms with Gasteiger partial charge in [-0.1, -0.05) is 0 Å². The summed E-state index contributed by atoms with van der Waals surface area (Å²) in [5.74, 6) is 0.413.